The Morgan fingerprint density at radius 3 is 2.75 bits per heavy atom. The van der Waals surface area contributed by atoms with Crippen molar-refractivity contribution < 1.29 is 4.42 Å². The fourth-order valence-electron chi connectivity index (χ4n) is 3.64. The normalized spacial score (nSPS) is 21.8. The van der Waals surface area contributed by atoms with Crippen LogP contribution >= 0.6 is 0 Å². The van der Waals surface area contributed by atoms with Crippen molar-refractivity contribution >= 4 is 11.0 Å². The Labute approximate surface area is 142 Å². The average molecular weight is 324 g/mol. The highest BCUT2D eigenvalue weighted by Crippen LogP contribution is 2.28. The molecule has 0 saturated carbocycles. The minimum Gasteiger partial charge on any atom is -0.460 e. The number of hydrogen-bond acceptors (Lipinski definition) is 4. The van der Waals surface area contributed by atoms with Gasteiger partial charge in [-0.05, 0) is 43.2 Å². The number of rotatable bonds is 3. The third-order valence-corrected chi connectivity index (χ3v) is 5.11. The summed E-state index contributed by atoms with van der Waals surface area (Å²) in [5.74, 6) is 1.30. The molecule has 2 aromatic heterocycles. The molecule has 4 rings (SSSR count). The van der Waals surface area contributed by atoms with Crippen LogP contribution in [0, 0.1) is 13.8 Å². The van der Waals surface area contributed by atoms with Crippen molar-refractivity contribution in [2.75, 3.05) is 13.1 Å². The topological polar surface area (TPSA) is 60.2 Å². The first-order valence-electron chi connectivity index (χ1n) is 8.45. The van der Waals surface area contributed by atoms with E-state index >= 15 is 0 Å². The van der Waals surface area contributed by atoms with Gasteiger partial charge in [-0.15, -0.1) is 0 Å². The molecule has 0 unspecified atom stereocenters. The van der Waals surface area contributed by atoms with E-state index in [1.54, 1.807) is 0 Å². The van der Waals surface area contributed by atoms with Crippen LogP contribution in [0.2, 0.25) is 0 Å². The third kappa shape index (κ3) is 2.74. The van der Waals surface area contributed by atoms with Crippen molar-refractivity contribution in [3.05, 3.63) is 53.3 Å². The summed E-state index contributed by atoms with van der Waals surface area (Å²) in [5.41, 5.74) is 11.0. The molecule has 0 aliphatic carbocycles. The van der Waals surface area contributed by atoms with Gasteiger partial charge in [0, 0.05) is 43.7 Å². The average Bonchev–Trinajstić information content (AvgIpc) is 3.19. The lowest BCUT2D eigenvalue weighted by Gasteiger charge is -2.13. The van der Waals surface area contributed by atoms with Gasteiger partial charge in [0.2, 0.25) is 0 Å². The number of imidazole rings is 1. The summed E-state index contributed by atoms with van der Waals surface area (Å²) in [6.07, 6.45) is 3.91. The summed E-state index contributed by atoms with van der Waals surface area (Å²) < 4.78 is 8.02. The van der Waals surface area contributed by atoms with Crippen LogP contribution in [0.1, 0.15) is 28.5 Å². The van der Waals surface area contributed by atoms with E-state index in [0.29, 0.717) is 5.92 Å². The van der Waals surface area contributed by atoms with E-state index in [-0.39, 0.29) is 6.04 Å². The van der Waals surface area contributed by atoms with Crippen LogP contribution in [-0.2, 0) is 13.6 Å². The molecular formula is C19H24N4O. The molecule has 1 fully saturated rings. The highest BCUT2D eigenvalue weighted by Gasteiger charge is 2.33. The van der Waals surface area contributed by atoms with Gasteiger partial charge in [-0.2, -0.15) is 0 Å². The molecule has 1 aromatic carbocycles. The number of fused-ring (bicyclic) bond motifs is 1. The number of likely N-dealkylation sites (tertiary alicyclic amines) is 1. The van der Waals surface area contributed by atoms with Crippen molar-refractivity contribution in [1.29, 1.82) is 0 Å². The van der Waals surface area contributed by atoms with Crippen LogP contribution in [0.4, 0.5) is 0 Å². The van der Waals surface area contributed by atoms with Gasteiger partial charge in [-0.25, -0.2) is 4.98 Å². The number of aryl methyl sites for hydroxylation is 3. The van der Waals surface area contributed by atoms with E-state index in [1.165, 1.54) is 16.5 Å². The number of hydrogen-bond donors (Lipinski definition) is 1. The van der Waals surface area contributed by atoms with Crippen LogP contribution in [0.15, 0.2) is 35.1 Å². The smallest absolute Gasteiger partial charge is 0.134 e. The third-order valence-electron chi connectivity index (χ3n) is 5.11. The second kappa shape index (κ2) is 5.76. The Bertz CT molecular complexity index is 840. The minimum absolute atomic E-state index is 0.119. The first-order valence-corrected chi connectivity index (χ1v) is 8.45. The molecule has 0 radical (unpaired) electrons. The Balaban J connectivity index is 1.51. The van der Waals surface area contributed by atoms with E-state index in [1.807, 2.05) is 17.9 Å². The van der Waals surface area contributed by atoms with Crippen LogP contribution in [0.3, 0.4) is 0 Å². The Morgan fingerprint density at radius 2 is 2.00 bits per heavy atom. The van der Waals surface area contributed by atoms with Gasteiger partial charge in [-0.3, -0.25) is 4.90 Å². The maximum Gasteiger partial charge on any atom is 0.134 e. The highest BCUT2D eigenvalue weighted by molar-refractivity contribution is 5.79. The second-order valence-electron chi connectivity index (χ2n) is 7.12. The molecule has 126 valence electrons. The number of benzene rings is 1. The maximum absolute atomic E-state index is 6.36. The van der Waals surface area contributed by atoms with Gasteiger partial charge in [-0.1, -0.05) is 0 Å². The lowest BCUT2D eigenvalue weighted by Crippen LogP contribution is -2.28. The quantitative estimate of drug-likeness (QED) is 0.805. The van der Waals surface area contributed by atoms with Crippen LogP contribution in [-0.4, -0.2) is 33.6 Å². The van der Waals surface area contributed by atoms with Crippen LogP contribution < -0.4 is 5.73 Å². The molecule has 0 amide bonds. The largest absolute Gasteiger partial charge is 0.460 e. The van der Waals surface area contributed by atoms with Gasteiger partial charge >= 0.3 is 0 Å². The molecule has 1 saturated heterocycles. The predicted molar refractivity (Wildman–Crippen MR) is 94.9 cm³/mol. The first-order chi connectivity index (χ1) is 11.5. The molecule has 0 bridgehead atoms. The van der Waals surface area contributed by atoms with Gasteiger partial charge in [0.05, 0.1) is 18.6 Å². The molecule has 5 heteroatoms. The molecule has 5 nitrogen and oxygen atoms in total. The summed E-state index contributed by atoms with van der Waals surface area (Å²) >= 11 is 0. The van der Waals surface area contributed by atoms with Crippen molar-refractivity contribution in [3.8, 4) is 0 Å². The molecular weight excluding hydrogens is 300 g/mol. The highest BCUT2D eigenvalue weighted by atomic mass is 16.3. The summed E-state index contributed by atoms with van der Waals surface area (Å²) in [6.45, 7) is 6.85. The second-order valence-corrected chi connectivity index (χ2v) is 7.12. The molecule has 1 aliphatic rings. The maximum atomic E-state index is 6.36. The zero-order valence-corrected chi connectivity index (χ0v) is 14.5. The number of aromatic nitrogens is 2. The number of nitrogens with zero attached hydrogens (tertiary/aromatic N) is 3. The lowest BCUT2D eigenvalue weighted by atomic mass is 10.0. The van der Waals surface area contributed by atoms with Gasteiger partial charge in [0.15, 0.2) is 0 Å². The first kappa shape index (κ1) is 15.4. The summed E-state index contributed by atoms with van der Waals surface area (Å²) in [6, 6.07) is 6.60. The van der Waals surface area contributed by atoms with Crippen LogP contribution in [0.25, 0.3) is 11.0 Å². The number of furan rings is 1. The standard InChI is InChI=1S/C19H24N4O/c1-12-4-14-6-15(24-19(14)5-13(12)2)7-23-8-16(17(20)9-23)18-10-22(3)11-21-18/h4-6,10-11,16-17H,7-9,20H2,1-3H3/t16-,17-/m1/s1. The van der Waals surface area contributed by atoms with Gasteiger partial charge in [0.1, 0.15) is 11.3 Å². The van der Waals surface area contributed by atoms with Crippen molar-refractivity contribution in [2.45, 2.75) is 32.4 Å². The summed E-state index contributed by atoms with van der Waals surface area (Å²) in [5, 5.41) is 1.18. The molecule has 2 N–H and O–H groups in total. The van der Waals surface area contributed by atoms with E-state index in [4.69, 9.17) is 10.2 Å². The molecule has 0 spiro atoms. The fourth-order valence-corrected chi connectivity index (χ4v) is 3.64. The van der Waals surface area contributed by atoms with Gasteiger partial charge < -0.3 is 14.7 Å². The van der Waals surface area contributed by atoms with E-state index in [2.05, 4.69) is 48.1 Å². The minimum atomic E-state index is 0.119. The lowest BCUT2D eigenvalue weighted by molar-refractivity contribution is 0.295. The molecule has 3 aromatic rings. The van der Waals surface area contributed by atoms with E-state index in [0.717, 1.165) is 36.7 Å². The predicted octanol–water partition coefficient (Wildman–Crippen LogP) is 2.71. The van der Waals surface area contributed by atoms with Crippen molar-refractivity contribution in [3.63, 3.8) is 0 Å². The van der Waals surface area contributed by atoms with E-state index in [9.17, 15) is 0 Å². The Morgan fingerprint density at radius 1 is 1.21 bits per heavy atom. The zero-order chi connectivity index (χ0) is 16.8. The van der Waals surface area contributed by atoms with Crippen LogP contribution in [0.5, 0.6) is 0 Å². The Kier molecular flexibility index (Phi) is 3.70. The molecule has 24 heavy (non-hydrogen) atoms. The molecule has 3 heterocycles. The number of nitrogens with two attached hydrogens (primary N) is 1. The Hall–Kier alpha value is -2.11. The fraction of sp³-hybridized carbons (Fsp3) is 0.421. The summed E-state index contributed by atoms with van der Waals surface area (Å²) in [4.78, 5) is 6.84. The summed E-state index contributed by atoms with van der Waals surface area (Å²) in [7, 11) is 1.99. The monoisotopic (exact) mass is 324 g/mol. The molecule has 1 aliphatic heterocycles. The SMILES string of the molecule is Cc1cc2cc(CN3C[C@@H](N)[C@H](c4cn(C)cn4)C3)oc2cc1C. The van der Waals surface area contributed by atoms with Crippen molar-refractivity contribution in [1.82, 2.24) is 14.5 Å². The van der Waals surface area contributed by atoms with Crippen molar-refractivity contribution in [2.24, 2.45) is 12.8 Å². The van der Waals surface area contributed by atoms with E-state index < -0.39 is 0 Å². The molecule has 2 atom stereocenters. The zero-order valence-electron chi connectivity index (χ0n) is 14.5. The van der Waals surface area contributed by atoms with Gasteiger partial charge in [0.25, 0.3) is 0 Å².